The molecule has 1 aromatic carbocycles. The molecule has 2 heterocycles. The number of carboxylic acids is 1. The number of carbonyl (C=O) groups is 3. The van der Waals surface area contributed by atoms with Gasteiger partial charge in [-0.15, -0.1) is 0 Å². The number of rotatable bonds is 8. The average molecular weight is 565 g/mol. The summed E-state index contributed by atoms with van der Waals surface area (Å²) >= 11 is 12.3. The van der Waals surface area contributed by atoms with E-state index in [4.69, 9.17) is 23.2 Å². The number of ketones is 1. The van der Waals surface area contributed by atoms with Gasteiger partial charge in [-0.25, -0.2) is 8.78 Å². The molecule has 8 nitrogen and oxygen atoms in total. The van der Waals surface area contributed by atoms with Gasteiger partial charge >= 0.3 is 5.97 Å². The summed E-state index contributed by atoms with van der Waals surface area (Å²) in [5, 5.41) is 13.7. The second-order valence-corrected chi connectivity index (χ2v) is 10.1. The van der Waals surface area contributed by atoms with Crippen LogP contribution in [0.15, 0.2) is 36.8 Å². The minimum Gasteiger partial charge on any atom is -0.481 e. The van der Waals surface area contributed by atoms with Gasteiger partial charge in [-0.2, -0.15) is 5.10 Å². The fraction of sp³-hybridized carbons (Fsp3) is 0.346. The lowest BCUT2D eigenvalue weighted by molar-refractivity contribution is -0.143. The monoisotopic (exact) mass is 564 g/mol. The highest BCUT2D eigenvalue weighted by molar-refractivity contribution is 6.39. The van der Waals surface area contributed by atoms with Gasteiger partial charge in [0.05, 0.1) is 45.9 Å². The number of carboxylic acid groups (broad SMARTS) is 1. The van der Waals surface area contributed by atoms with Gasteiger partial charge in [0.2, 0.25) is 0 Å². The van der Waals surface area contributed by atoms with Crippen molar-refractivity contribution in [1.29, 1.82) is 0 Å². The summed E-state index contributed by atoms with van der Waals surface area (Å²) in [7, 11) is 0. The van der Waals surface area contributed by atoms with Crippen LogP contribution < -0.4 is 0 Å². The SMILES string of the molecule is Cc1c(C(=O)N(CC(=O)c2c(Cl)cncc2Cl)Cc2cc(F)cc(F)c2)cnn1[C@H]1CC[C@H](C(=O)O)CC1. The number of hydrogen-bond acceptors (Lipinski definition) is 5. The van der Waals surface area contributed by atoms with Gasteiger partial charge in [0.1, 0.15) is 11.6 Å². The molecule has 1 N–H and O–H groups in total. The Morgan fingerprint density at radius 2 is 1.63 bits per heavy atom. The zero-order valence-corrected chi connectivity index (χ0v) is 21.8. The molecule has 1 amide bonds. The average Bonchev–Trinajstić information content (AvgIpc) is 3.23. The van der Waals surface area contributed by atoms with Crippen molar-refractivity contribution in [3.8, 4) is 0 Å². The molecule has 1 fully saturated rings. The molecule has 2 aromatic heterocycles. The van der Waals surface area contributed by atoms with Crippen LogP contribution in [0.2, 0.25) is 10.0 Å². The summed E-state index contributed by atoms with van der Waals surface area (Å²) in [4.78, 5) is 43.1. The van der Waals surface area contributed by atoms with E-state index in [9.17, 15) is 28.3 Å². The minimum absolute atomic E-state index is 0.00710. The lowest BCUT2D eigenvalue weighted by Gasteiger charge is -2.27. The Balaban J connectivity index is 1.62. The van der Waals surface area contributed by atoms with Crippen molar-refractivity contribution >= 4 is 40.9 Å². The molecule has 0 saturated heterocycles. The number of benzene rings is 1. The van der Waals surface area contributed by atoms with E-state index < -0.39 is 41.8 Å². The quantitative estimate of drug-likeness (QED) is 0.361. The summed E-state index contributed by atoms with van der Waals surface area (Å²) in [6, 6.07) is 2.80. The Morgan fingerprint density at radius 3 is 2.21 bits per heavy atom. The molecule has 1 saturated carbocycles. The number of carbonyl (C=O) groups excluding carboxylic acids is 2. The molecule has 1 aliphatic rings. The first-order chi connectivity index (χ1) is 18.0. The van der Waals surface area contributed by atoms with E-state index in [1.54, 1.807) is 11.6 Å². The van der Waals surface area contributed by atoms with Crippen molar-refractivity contribution in [2.45, 2.75) is 45.2 Å². The summed E-state index contributed by atoms with van der Waals surface area (Å²) in [5.74, 6) is -4.01. The predicted octanol–water partition coefficient (Wildman–Crippen LogP) is 5.51. The number of aromatic nitrogens is 3. The molecule has 3 aromatic rings. The third-order valence-corrected chi connectivity index (χ3v) is 7.29. The molecule has 0 atom stereocenters. The number of Topliss-reactive ketones (excluding diaryl/α,β-unsaturated/α-hetero) is 1. The van der Waals surface area contributed by atoms with Crippen LogP contribution in [0, 0.1) is 24.5 Å². The molecule has 0 unspecified atom stereocenters. The van der Waals surface area contributed by atoms with Crippen LogP contribution in [0.25, 0.3) is 0 Å². The molecule has 4 rings (SSSR count). The maximum Gasteiger partial charge on any atom is 0.306 e. The highest BCUT2D eigenvalue weighted by Gasteiger charge is 2.30. The van der Waals surface area contributed by atoms with Gasteiger partial charge < -0.3 is 10.0 Å². The maximum absolute atomic E-state index is 13.9. The van der Waals surface area contributed by atoms with Crippen LogP contribution in [0.4, 0.5) is 8.78 Å². The summed E-state index contributed by atoms with van der Waals surface area (Å²) in [6.45, 7) is 0.963. The number of aliphatic carboxylic acids is 1. The van der Waals surface area contributed by atoms with E-state index in [0.29, 0.717) is 37.4 Å². The number of halogens is 4. The number of pyridine rings is 1. The van der Waals surface area contributed by atoms with Crippen molar-refractivity contribution in [2.75, 3.05) is 6.54 Å². The second kappa shape index (κ2) is 11.6. The van der Waals surface area contributed by atoms with Crippen LogP contribution in [0.1, 0.15) is 63.7 Å². The van der Waals surface area contributed by atoms with Gasteiger partial charge in [0, 0.05) is 30.7 Å². The van der Waals surface area contributed by atoms with E-state index in [1.165, 1.54) is 18.6 Å². The smallest absolute Gasteiger partial charge is 0.306 e. The van der Waals surface area contributed by atoms with Crippen molar-refractivity contribution in [3.05, 3.63) is 80.9 Å². The first kappa shape index (κ1) is 27.7. The van der Waals surface area contributed by atoms with Crippen LogP contribution in [0.3, 0.4) is 0 Å². The van der Waals surface area contributed by atoms with Crippen molar-refractivity contribution in [3.63, 3.8) is 0 Å². The minimum atomic E-state index is -0.820. The second-order valence-electron chi connectivity index (χ2n) is 9.27. The first-order valence-corrected chi connectivity index (χ1v) is 12.6. The molecule has 0 aliphatic heterocycles. The summed E-state index contributed by atoms with van der Waals surface area (Å²) < 4.78 is 29.5. The topological polar surface area (TPSA) is 105 Å². The fourth-order valence-electron chi connectivity index (χ4n) is 4.79. The van der Waals surface area contributed by atoms with E-state index in [2.05, 4.69) is 10.1 Å². The molecule has 0 radical (unpaired) electrons. The molecule has 200 valence electrons. The molecular weight excluding hydrogens is 541 g/mol. The van der Waals surface area contributed by atoms with Crippen LogP contribution in [-0.2, 0) is 11.3 Å². The molecular formula is C26H24Cl2F2N4O4. The fourth-order valence-corrected chi connectivity index (χ4v) is 5.37. The molecule has 0 spiro atoms. The highest BCUT2D eigenvalue weighted by Crippen LogP contribution is 2.33. The van der Waals surface area contributed by atoms with Gasteiger partial charge in [0.25, 0.3) is 5.91 Å². The normalized spacial score (nSPS) is 17.3. The number of hydrogen-bond donors (Lipinski definition) is 1. The van der Waals surface area contributed by atoms with Gasteiger partial charge in [-0.1, -0.05) is 23.2 Å². The Bertz CT molecular complexity index is 1350. The van der Waals surface area contributed by atoms with Gasteiger partial charge in [0.15, 0.2) is 5.78 Å². The van der Waals surface area contributed by atoms with Crippen LogP contribution in [0.5, 0.6) is 0 Å². The zero-order valence-electron chi connectivity index (χ0n) is 20.3. The third kappa shape index (κ3) is 6.02. The van der Waals surface area contributed by atoms with E-state index in [0.717, 1.165) is 17.0 Å². The van der Waals surface area contributed by atoms with Crippen LogP contribution >= 0.6 is 23.2 Å². The summed E-state index contributed by atoms with van der Waals surface area (Å²) in [5.41, 5.74) is 0.875. The summed E-state index contributed by atoms with van der Waals surface area (Å²) in [6.07, 6.45) is 6.08. The maximum atomic E-state index is 13.9. The van der Waals surface area contributed by atoms with E-state index in [-0.39, 0.29) is 39.3 Å². The Labute approximate surface area is 227 Å². The lowest BCUT2D eigenvalue weighted by Crippen LogP contribution is -2.36. The molecule has 0 bridgehead atoms. The largest absolute Gasteiger partial charge is 0.481 e. The third-order valence-electron chi connectivity index (χ3n) is 6.72. The molecule has 38 heavy (non-hydrogen) atoms. The molecule has 1 aliphatic carbocycles. The first-order valence-electron chi connectivity index (χ1n) is 11.9. The van der Waals surface area contributed by atoms with Crippen LogP contribution in [-0.4, -0.2) is 49.0 Å². The van der Waals surface area contributed by atoms with Gasteiger partial charge in [-0.3, -0.25) is 24.0 Å². The standard InChI is InChI=1S/C26H24Cl2F2N4O4/c1-14-20(9-32-34(14)19-4-2-16(3-5-19)26(37)38)25(36)33(12-15-6-17(29)8-18(30)7-15)13-23(35)24-21(27)10-31-11-22(24)28/h6-11,16,19H,2-5,12-13H2,1H3,(H,37,38)/t16-,19-. The van der Waals surface area contributed by atoms with Crippen molar-refractivity contribution < 1.29 is 28.3 Å². The lowest BCUT2D eigenvalue weighted by atomic mass is 9.86. The Kier molecular flexibility index (Phi) is 8.42. The van der Waals surface area contributed by atoms with Gasteiger partial charge in [-0.05, 0) is 50.3 Å². The molecule has 12 heteroatoms. The van der Waals surface area contributed by atoms with E-state index >= 15 is 0 Å². The number of amides is 1. The number of nitrogens with zero attached hydrogens (tertiary/aromatic N) is 4. The predicted molar refractivity (Wildman–Crippen MR) is 135 cm³/mol. The Hall–Kier alpha value is -3.37. The zero-order chi connectivity index (χ0) is 27.6. The highest BCUT2D eigenvalue weighted by atomic mass is 35.5. The Morgan fingerprint density at radius 1 is 1.03 bits per heavy atom. The van der Waals surface area contributed by atoms with Crippen molar-refractivity contribution in [1.82, 2.24) is 19.7 Å². The van der Waals surface area contributed by atoms with Crippen molar-refractivity contribution in [2.24, 2.45) is 5.92 Å². The van der Waals surface area contributed by atoms with E-state index in [1.807, 2.05) is 0 Å².